The number of hydrogen-bond acceptors (Lipinski definition) is 8. The molecular formula is C20H22N6O2. The van der Waals surface area contributed by atoms with Crippen molar-refractivity contribution in [3.63, 3.8) is 0 Å². The summed E-state index contributed by atoms with van der Waals surface area (Å²) in [6.07, 6.45) is 2.55. The summed E-state index contributed by atoms with van der Waals surface area (Å²) in [6, 6.07) is 12.8. The van der Waals surface area contributed by atoms with Gasteiger partial charge in [0.15, 0.2) is 5.82 Å². The summed E-state index contributed by atoms with van der Waals surface area (Å²) < 4.78 is 5.43. The van der Waals surface area contributed by atoms with Gasteiger partial charge in [-0.3, -0.25) is 4.98 Å². The van der Waals surface area contributed by atoms with E-state index in [1.807, 2.05) is 24.3 Å². The van der Waals surface area contributed by atoms with E-state index in [4.69, 9.17) is 4.74 Å². The van der Waals surface area contributed by atoms with Gasteiger partial charge in [0, 0.05) is 43.5 Å². The fourth-order valence-corrected chi connectivity index (χ4v) is 2.97. The standard InChI is InChI=1S/C20H22N6O2/c27-17-6-3-4-15(14-17)18-23-19(22-9-7-16-5-1-2-8-21-16)25-20(24-18)26-10-12-28-13-11-26/h1-6,8,14,27H,7,9-13H2,(H,22,23,24,25). The fraction of sp³-hybridized carbons (Fsp3) is 0.300. The van der Waals surface area contributed by atoms with Gasteiger partial charge in [-0.05, 0) is 24.3 Å². The maximum Gasteiger partial charge on any atom is 0.230 e. The average Bonchev–Trinajstić information content (AvgIpc) is 2.75. The molecule has 3 heterocycles. The molecule has 0 bridgehead atoms. The number of nitrogens with one attached hydrogen (secondary N) is 1. The zero-order chi connectivity index (χ0) is 19.2. The van der Waals surface area contributed by atoms with E-state index < -0.39 is 0 Å². The number of benzene rings is 1. The van der Waals surface area contributed by atoms with Crippen LogP contribution in [-0.2, 0) is 11.2 Å². The van der Waals surface area contributed by atoms with Crippen LogP contribution >= 0.6 is 0 Å². The van der Waals surface area contributed by atoms with Gasteiger partial charge >= 0.3 is 0 Å². The van der Waals surface area contributed by atoms with Crippen LogP contribution in [0.3, 0.4) is 0 Å². The highest BCUT2D eigenvalue weighted by Gasteiger charge is 2.17. The van der Waals surface area contributed by atoms with E-state index in [1.165, 1.54) is 0 Å². The molecule has 0 spiro atoms. The molecule has 0 unspecified atom stereocenters. The van der Waals surface area contributed by atoms with Crippen molar-refractivity contribution in [3.05, 3.63) is 54.4 Å². The first-order valence-corrected chi connectivity index (χ1v) is 9.30. The Hall–Kier alpha value is -3.26. The molecule has 144 valence electrons. The van der Waals surface area contributed by atoms with Crippen molar-refractivity contribution in [1.29, 1.82) is 0 Å². The summed E-state index contributed by atoms with van der Waals surface area (Å²) in [4.78, 5) is 20.2. The van der Waals surface area contributed by atoms with Crippen LogP contribution in [0.5, 0.6) is 5.75 Å². The van der Waals surface area contributed by atoms with Crippen molar-refractivity contribution in [1.82, 2.24) is 19.9 Å². The summed E-state index contributed by atoms with van der Waals surface area (Å²) in [5.74, 6) is 1.81. The lowest BCUT2D eigenvalue weighted by Crippen LogP contribution is -2.37. The summed E-state index contributed by atoms with van der Waals surface area (Å²) in [5, 5.41) is 13.1. The van der Waals surface area contributed by atoms with Crippen molar-refractivity contribution in [2.24, 2.45) is 0 Å². The van der Waals surface area contributed by atoms with Crippen molar-refractivity contribution >= 4 is 11.9 Å². The molecular weight excluding hydrogens is 356 g/mol. The molecule has 0 aliphatic carbocycles. The molecule has 0 atom stereocenters. The molecule has 1 aliphatic rings. The number of phenols is 1. The van der Waals surface area contributed by atoms with E-state index in [0.29, 0.717) is 37.5 Å². The minimum atomic E-state index is 0.176. The first-order valence-electron chi connectivity index (χ1n) is 9.30. The van der Waals surface area contributed by atoms with Crippen molar-refractivity contribution in [2.45, 2.75) is 6.42 Å². The van der Waals surface area contributed by atoms with Gasteiger partial charge in [0.1, 0.15) is 5.75 Å². The number of hydrogen-bond donors (Lipinski definition) is 2. The van der Waals surface area contributed by atoms with Crippen LogP contribution < -0.4 is 10.2 Å². The molecule has 2 aromatic heterocycles. The molecule has 0 saturated carbocycles. The number of nitrogens with zero attached hydrogens (tertiary/aromatic N) is 5. The van der Waals surface area contributed by atoms with Gasteiger partial charge in [0.2, 0.25) is 11.9 Å². The number of ether oxygens (including phenoxy) is 1. The average molecular weight is 378 g/mol. The minimum absolute atomic E-state index is 0.176. The molecule has 3 aromatic rings. The normalized spacial score (nSPS) is 14.1. The summed E-state index contributed by atoms with van der Waals surface area (Å²) in [6.45, 7) is 3.42. The van der Waals surface area contributed by atoms with Crippen LogP contribution in [0.1, 0.15) is 5.69 Å². The minimum Gasteiger partial charge on any atom is -0.508 e. The Morgan fingerprint density at radius 1 is 1.04 bits per heavy atom. The smallest absolute Gasteiger partial charge is 0.230 e. The molecule has 1 aromatic carbocycles. The highest BCUT2D eigenvalue weighted by atomic mass is 16.5. The SMILES string of the molecule is Oc1cccc(-c2nc(NCCc3ccccn3)nc(N3CCOCC3)n2)c1. The van der Waals surface area contributed by atoms with Gasteiger partial charge in [-0.2, -0.15) is 15.0 Å². The third-order valence-corrected chi connectivity index (χ3v) is 4.41. The zero-order valence-corrected chi connectivity index (χ0v) is 15.5. The lowest BCUT2D eigenvalue weighted by molar-refractivity contribution is 0.122. The largest absolute Gasteiger partial charge is 0.508 e. The Morgan fingerprint density at radius 2 is 1.93 bits per heavy atom. The van der Waals surface area contributed by atoms with E-state index in [0.717, 1.165) is 30.8 Å². The molecule has 2 N–H and O–H groups in total. The molecule has 0 amide bonds. The number of aromatic hydroxyl groups is 1. The van der Waals surface area contributed by atoms with Gasteiger partial charge in [-0.1, -0.05) is 18.2 Å². The van der Waals surface area contributed by atoms with Crippen LogP contribution in [0.25, 0.3) is 11.4 Å². The van der Waals surface area contributed by atoms with Crippen LogP contribution in [0.2, 0.25) is 0 Å². The van der Waals surface area contributed by atoms with E-state index in [-0.39, 0.29) is 5.75 Å². The lowest BCUT2D eigenvalue weighted by Gasteiger charge is -2.27. The number of rotatable bonds is 6. The van der Waals surface area contributed by atoms with Crippen LogP contribution in [-0.4, -0.2) is 57.9 Å². The molecule has 0 radical (unpaired) electrons. The second-order valence-electron chi connectivity index (χ2n) is 6.43. The lowest BCUT2D eigenvalue weighted by atomic mass is 10.2. The van der Waals surface area contributed by atoms with Crippen molar-refractivity contribution in [3.8, 4) is 17.1 Å². The van der Waals surface area contributed by atoms with Crippen LogP contribution in [0.4, 0.5) is 11.9 Å². The maximum atomic E-state index is 9.81. The number of pyridine rings is 1. The van der Waals surface area contributed by atoms with E-state index in [9.17, 15) is 5.11 Å². The summed E-state index contributed by atoms with van der Waals surface area (Å²) in [5.41, 5.74) is 1.75. The third-order valence-electron chi connectivity index (χ3n) is 4.41. The zero-order valence-electron chi connectivity index (χ0n) is 15.5. The number of aromatic nitrogens is 4. The summed E-state index contributed by atoms with van der Waals surface area (Å²) >= 11 is 0. The first-order chi connectivity index (χ1) is 13.8. The number of phenolic OH excluding ortho intramolecular Hbond substituents is 1. The maximum absolute atomic E-state index is 9.81. The van der Waals surface area contributed by atoms with Gasteiger partial charge in [-0.15, -0.1) is 0 Å². The van der Waals surface area contributed by atoms with E-state index >= 15 is 0 Å². The molecule has 8 nitrogen and oxygen atoms in total. The predicted molar refractivity (Wildman–Crippen MR) is 106 cm³/mol. The molecule has 1 fully saturated rings. The first kappa shape index (κ1) is 18.1. The van der Waals surface area contributed by atoms with Crippen molar-refractivity contribution in [2.75, 3.05) is 43.1 Å². The fourth-order valence-electron chi connectivity index (χ4n) is 2.97. The number of anilines is 2. The Labute approximate surface area is 163 Å². The molecule has 4 rings (SSSR count). The Balaban J connectivity index is 1.57. The van der Waals surface area contributed by atoms with Crippen LogP contribution in [0.15, 0.2) is 48.7 Å². The molecule has 1 saturated heterocycles. The van der Waals surface area contributed by atoms with E-state index in [1.54, 1.807) is 24.4 Å². The topological polar surface area (TPSA) is 96.3 Å². The van der Waals surface area contributed by atoms with Gasteiger partial charge in [-0.25, -0.2) is 0 Å². The second kappa shape index (κ2) is 8.62. The second-order valence-corrected chi connectivity index (χ2v) is 6.43. The molecule has 28 heavy (non-hydrogen) atoms. The monoisotopic (exact) mass is 378 g/mol. The number of morpholine rings is 1. The molecule has 1 aliphatic heterocycles. The Bertz CT molecular complexity index is 916. The molecule has 8 heteroatoms. The van der Waals surface area contributed by atoms with Gasteiger partial charge in [0.05, 0.1) is 13.2 Å². The highest BCUT2D eigenvalue weighted by molar-refractivity contribution is 5.60. The van der Waals surface area contributed by atoms with E-state index in [2.05, 4.69) is 30.2 Å². The highest BCUT2D eigenvalue weighted by Crippen LogP contribution is 2.23. The predicted octanol–water partition coefficient (Wildman–Crippen LogP) is 2.13. The van der Waals surface area contributed by atoms with Gasteiger partial charge < -0.3 is 20.1 Å². The van der Waals surface area contributed by atoms with Crippen LogP contribution in [0, 0.1) is 0 Å². The van der Waals surface area contributed by atoms with Gasteiger partial charge in [0.25, 0.3) is 0 Å². The third kappa shape index (κ3) is 4.52. The Morgan fingerprint density at radius 3 is 2.71 bits per heavy atom. The van der Waals surface area contributed by atoms with Crippen molar-refractivity contribution < 1.29 is 9.84 Å². The Kier molecular flexibility index (Phi) is 5.58. The quantitative estimate of drug-likeness (QED) is 0.673. The summed E-state index contributed by atoms with van der Waals surface area (Å²) in [7, 11) is 0.